The highest BCUT2D eigenvalue weighted by atomic mass is 19.4. The smallest absolute Gasteiger partial charge is 0.475 e. The van der Waals surface area contributed by atoms with Crippen molar-refractivity contribution in [2.45, 2.75) is 64.2 Å². The summed E-state index contributed by atoms with van der Waals surface area (Å²) in [6.07, 6.45) is 1.39. The molecule has 1 saturated carbocycles. The maximum absolute atomic E-state index is 12.3. The Morgan fingerprint density at radius 3 is 2.41 bits per heavy atom. The summed E-state index contributed by atoms with van der Waals surface area (Å²) in [5.41, 5.74) is 0.215. The van der Waals surface area contributed by atoms with E-state index in [1.54, 1.807) is 0 Å². The van der Waals surface area contributed by atoms with Gasteiger partial charge in [0.2, 0.25) is 5.91 Å². The Labute approximate surface area is 185 Å². The second-order valence-electron chi connectivity index (χ2n) is 9.05. The lowest BCUT2D eigenvalue weighted by molar-refractivity contribution is -0.192. The molecule has 7 nitrogen and oxygen atoms in total. The van der Waals surface area contributed by atoms with E-state index in [0.717, 1.165) is 57.0 Å². The molecule has 2 N–H and O–H groups in total. The van der Waals surface area contributed by atoms with E-state index in [0.29, 0.717) is 18.9 Å². The number of carboxylic acid groups (broad SMARTS) is 1. The number of hydrogen-bond acceptors (Lipinski definition) is 5. The minimum atomic E-state index is -5.08. The van der Waals surface area contributed by atoms with Crippen LogP contribution in [0.5, 0.6) is 0 Å². The number of piperidine rings is 1. The zero-order valence-corrected chi connectivity index (χ0v) is 18.2. The standard InChI is InChI=1S/C20H30N2O3.C2HF3O2/c1-15-2-5-17(25-15)13-22-9-6-20(7-10-22)8-11-24-14-18(20)21-19(23)12-16-3-4-16;3-2(4,5)1(6)7/h2,5,16,18H,3-4,6-14H2,1H3,(H,21,23);(H,6,7). The Morgan fingerprint density at radius 1 is 1.22 bits per heavy atom. The van der Waals surface area contributed by atoms with Crippen LogP contribution in [0, 0.1) is 18.3 Å². The molecular formula is C22H31F3N2O5. The molecule has 180 valence electrons. The molecule has 32 heavy (non-hydrogen) atoms. The van der Waals surface area contributed by atoms with Crippen LogP contribution >= 0.6 is 0 Å². The average molecular weight is 460 g/mol. The fourth-order valence-corrected chi connectivity index (χ4v) is 4.41. The minimum Gasteiger partial charge on any atom is -0.475 e. The van der Waals surface area contributed by atoms with E-state index in [4.69, 9.17) is 19.1 Å². The lowest BCUT2D eigenvalue weighted by atomic mass is 9.69. The summed E-state index contributed by atoms with van der Waals surface area (Å²) in [6.45, 7) is 6.51. The summed E-state index contributed by atoms with van der Waals surface area (Å²) < 4.78 is 43.2. The van der Waals surface area contributed by atoms with Crippen molar-refractivity contribution in [2.75, 3.05) is 26.3 Å². The summed E-state index contributed by atoms with van der Waals surface area (Å²) >= 11 is 0. The zero-order chi connectivity index (χ0) is 23.4. The molecule has 0 bridgehead atoms. The first-order chi connectivity index (χ1) is 15.1. The molecule has 1 aliphatic carbocycles. The van der Waals surface area contributed by atoms with Crippen molar-refractivity contribution in [3.05, 3.63) is 23.7 Å². The summed E-state index contributed by atoms with van der Waals surface area (Å²) in [7, 11) is 0. The fourth-order valence-electron chi connectivity index (χ4n) is 4.41. The number of likely N-dealkylation sites (tertiary alicyclic amines) is 1. The maximum Gasteiger partial charge on any atom is 0.490 e. The molecule has 1 spiro atoms. The van der Waals surface area contributed by atoms with Crippen LogP contribution in [-0.4, -0.2) is 60.4 Å². The van der Waals surface area contributed by atoms with Gasteiger partial charge in [0, 0.05) is 13.0 Å². The van der Waals surface area contributed by atoms with Gasteiger partial charge in [-0.25, -0.2) is 4.79 Å². The van der Waals surface area contributed by atoms with Crippen molar-refractivity contribution in [3.8, 4) is 0 Å². The monoisotopic (exact) mass is 460 g/mol. The topological polar surface area (TPSA) is 92.0 Å². The molecule has 1 unspecified atom stereocenters. The van der Waals surface area contributed by atoms with E-state index in [1.165, 1.54) is 12.8 Å². The number of rotatable bonds is 5. The number of aryl methyl sites for hydroxylation is 1. The number of nitrogens with one attached hydrogen (secondary N) is 1. The largest absolute Gasteiger partial charge is 0.490 e. The molecule has 1 atom stereocenters. The van der Waals surface area contributed by atoms with Crippen LogP contribution in [0.15, 0.2) is 16.5 Å². The number of nitrogens with zero attached hydrogens (tertiary/aromatic N) is 1. The third-order valence-corrected chi connectivity index (χ3v) is 6.54. The summed E-state index contributed by atoms with van der Waals surface area (Å²) in [4.78, 5) is 23.7. The van der Waals surface area contributed by atoms with Crippen molar-refractivity contribution in [1.82, 2.24) is 10.2 Å². The van der Waals surface area contributed by atoms with Crippen molar-refractivity contribution in [3.63, 3.8) is 0 Å². The highest BCUT2D eigenvalue weighted by molar-refractivity contribution is 5.77. The number of ether oxygens (including phenoxy) is 1. The number of halogens is 3. The number of carbonyl (C=O) groups is 2. The molecule has 1 aromatic rings. The van der Waals surface area contributed by atoms with E-state index in [2.05, 4.69) is 16.3 Å². The van der Waals surface area contributed by atoms with E-state index in [9.17, 15) is 18.0 Å². The number of carbonyl (C=O) groups excluding carboxylic acids is 1. The van der Waals surface area contributed by atoms with Crippen molar-refractivity contribution in [1.29, 1.82) is 0 Å². The molecule has 3 fully saturated rings. The second kappa shape index (κ2) is 10.2. The van der Waals surface area contributed by atoms with E-state index < -0.39 is 12.1 Å². The number of carboxylic acids is 1. The molecule has 0 radical (unpaired) electrons. The van der Waals surface area contributed by atoms with Crippen LogP contribution in [0.3, 0.4) is 0 Å². The maximum atomic E-state index is 12.3. The van der Waals surface area contributed by atoms with Gasteiger partial charge in [-0.1, -0.05) is 0 Å². The molecule has 10 heteroatoms. The van der Waals surface area contributed by atoms with Gasteiger partial charge < -0.3 is 19.6 Å². The van der Waals surface area contributed by atoms with Crippen LogP contribution in [0.1, 0.15) is 50.0 Å². The zero-order valence-electron chi connectivity index (χ0n) is 18.2. The molecule has 0 aromatic carbocycles. The van der Waals surface area contributed by atoms with Gasteiger partial charge in [-0.05, 0) is 75.6 Å². The van der Waals surface area contributed by atoms with Crippen LogP contribution in [0.4, 0.5) is 13.2 Å². The van der Waals surface area contributed by atoms with E-state index in [1.807, 2.05) is 13.0 Å². The normalized spacial score (nSPS) is 23.3. The number of amides is 1. The Kier molecular flexibility index (Phi) is 7.87. The predicted molar refractivity (Wildman–Crippen MR) is 109 cm³/mol. The number of aliphatic carboxylic acids is 1. The van der Waals surface area contributed by atoms with Crippen LogP contribution in [0.2, 0.25) is 0 Å². The van der Waals surface area contributed by atoms with Crippen molar-refractivity contribution in [2.24, 2.45) is 11.3 Å². The molecule has 2 aliphatic heterocycles. The first-order valence-electron chi connectivity index (χ1n) is 11.0. The van der Waals surface area contributed by atoms with E-state index in [-0.39, 0.29) is 17.4 Å². The molecule has 3 aliphatic rings. The highest BCUT2D eigenvalue weighted by Gasteiger charge is 2.44. The molecule has 1 aromatic heterocycles. The summed E-state index contributed by atoms with van der Waals surface area (Å²) in [5.74, 6) is 0.137. The third-order valence-electron chi connectivity index (χ3n) is 6.54. The third kappa shape index (κ3) is 6.96. The molecule has 2 saturated heterocycles. The van der Waals surface area contributed by atoms with Crippen LogP contribution in [-0.2, 0) is 20.9 Å². The van der Waals surface area contributed by atoms with Gasteiger partial charge in [-0.3, -0.25) is 9.69 Å². The summed E-state index contributed by atoms with van der Waals surface area (Å²) in [6, 6.07) is 4.29. The lowest BCUT2D eigenvalue weighted by Crippen LogP contribution is -2.57. The Morgan fingerprint density at radius 2 is 1.88 bits per heavy atom. The Hall–Kier alpha value is -2.07. The van der Waals surface area contributed by atoms with E-state index >= 15 is 0 Å². The number of furan rings is 1. The molecular weight excluding hydrogens is 429 g/mol. The van der Waals surface area contributed by atoms with Crippen molar-refractivity contribution < 1.29 is 37.0 Å². The van der Waals surface area contributed by atoms with Gasteiger partial charge in [0.05, 0.1) is 19.2 Å². The van der Waals surface area contributed by atoms with Gasteiger partial charge in [0.25, 0.3) is 0 Å². The minimum absolute atomic E-state index is 0.181. The number of hydrogen-bond donors (Lipinski definition) is 2. The molecule has 4 rings (SSSR count). The van der Waals surface area contributed by atoms with Gasteiger partial charge >= 0.3 is 12.1 Å². The molecule has 1 amide bonds. The fraction of sp³-hybridized carbons (Fsp3) is 0.727. The second-order valence-corrected chi connectivity index (χ2v) is 9.05. The van der Waals surface area contributed by atoms with Crippen molar-refractivity contribution >= 4 is 11.9 Å². The summed E-state index contributed by atoms with van der Waals surface area (Å²) in [5, 5.41) is 10.4. The van der Waals surface area contributed by atoms with Gasteiger partial charge in [0.1, 0.15) is 11.5 Å². The molecule has 3 heterocycles. The first-order valence-corrected chi connectivity index (χ1v) is 11.0. The number of alkyl halides is 3. The van der Waals surface area contributed by atoms with Gasteiger partial charge in [0.15, 0.2) is 0 Å². The van der Waals surface area contributed by atoms with Gasteiger partial charge in [-0.15, -0.1) is 0 Å². The van der Waals surface area contributed by atoms with Crippen LogP contribution < -0.4 is 5.32 Å². The Balaban J connectivity index is 0.000000360. The quantitative estimate of drug-likeness (QED) is 0.699. The predicted octanol–water partition coefficient (Wildman–Crippen LogP) is 3.51. The highest BCUT2D eigenvalue weighted by Crippen LogP contribution is 2.41. The average Bonchev–Trinajstić information content (AvgIpc) is 3.44. The lowest BCUT2D eigenvalue weighted by Gasteiger charge is -2.49. The van der Waals surface area contributed by atoms with Crippen LogP contribution in [0.25, 0.3) is 0 Å². The Bertz CT molecular complexity index is 783. The first kappa shape index (κ1) is 24.6. The van der Waals surface area contributed by atoms with Gasteiger partial charge in [-0.2, -0.15) is 13.2 Å². The SMILES string of the molecule is Cc1ccc(CN2CCC3(CCOCC3NC(=O)CC3CC3)CC2)o1.O=C(O)C(F)(F)F.